The Hall–Kier alpha value is -7.68. The zero-order chi connectivity index (χ0) is 38.2. The molecular formula is C56H36N2. The first-order valence-electron chi connectivity index (χ1n) is 20.0. The van der Waals surface area contributed by atoms with Crippen LogP contribution in [0.15, 0.2) is 218 Å². The summed E-state index contributed by atoms with van der Waals surface area (Å²) in [5, 5.41) is 9.97. The van der Waals surface area contributed by atoms with Gasteiger partial charge in [0.05, 0.1) is 22.1 Å². The fourth-order valence-corrected chi connectivity index (χ4v) is 9.25. The lowest BCUT2D eigenvalue weighted by Gasteiger charge is -2.15. The van der Waals surface area contributed by atoms with Gasteiger partial charge in [0.2, 0.25) is 0 Å². The van der Waals surface area contributed by atoms with Gasteiger partial charge in [-0.1, -0.05) is 146 Å². The minimum Gasteiger partial charge on any atom is -0.309 e. The van der Waals surface area contributed by atoms with Crippen LogP contribution in [-0.2, 0) is 0 Å². The summed E-state index contributed by atoms with van der Waals surface area (Å²) in [6, 6.07) is 80.2. The zero-order valence-corrected chi connectivity index (χ0v) is 31.7. The van der Waals surface area contributed by atoms with Gasteiger partial charge in [0, 0.05) is 32.9 Å². The van der Waals surface area contributed by atoms with E-state index in [1.807, 2.05) is 0 Å². The van der Waals surface area contributed by atoms with E-state index in [0.29, 0.717) is 0 Å². The molecule has 2 heteroatoms. The van der Waals surface area contributed by atoms with E-state index in [4.69, 9.17) is 0 Å². The standard InChI is InChI=1S/C56H36N2/c1-2-16-47(17-3-1)57-53-20-10-8-18-49(53)51-28-26-44(36-56(51)57)43-27-29-55-52(35-43)50-19-9-11-21-54(50)58(55)48-33-45(41-24-22-37-12-4-6-14-39(37)30-41)32-46(34-48)42-25-23-38-13-5-7-15-40(38)31-42/h1-36H. The molecular weight excluding hydrogens is 701 g/mol. The van der Waals surface area contributed by atoms with Crippen molar-refractivity contribution < 1.29 is 0 Å². The highest BCUT2D eigenvalue weighted by Crippen LogP contribution is 2.40. The first kappa shape index (κ1) is 32.6. The van der Waals surface area contributed by atoms with Crippen molar-refractivity contribution >= 4 is 65.2 Å². The molecule has 270 valence electrons. The molecule has 0 amide bonds. The molecule has 10 aromatic carbocycles. The summed E-state index contributed by atoms with van der Waals surface area (Å²) in [6.45, 7) is 0. The minimum atomic E-state index is 1.14. The molecule has 0 aliphatic heterocycles. The monoisotopic (exact) mass is 736 g/mol. The summed E-state index contributed by atoms with van der Waals surface area (Å²) in [6.07, 6.45) is 0. The van der Waals surface area contributed by atoms with Crippen molar-refractivity contribution in [2.24, 2.45) is 0 Å². The molecule has 2 nitrogen and oxygen atoms in total. The lowest BCUT2D eigenvalue weighted by atomic mass is 9.95. The molecule has 12 aromatic rings. The topological polar surface area (TPSA) is 9.86 Å². The molecule has 0 saturated heterocycles. The highest BCUT2D eigenvalue weighted by molar-refractivity contribution is 6.12. The van der Waals surface area contributed by atoms with Gasteiger partial charge in [-0.05, 0) is 128 Å². The summed E-state index contributed by atoms with van der Waals surface area (Å²) in [7, 11) is 0. The first-order chi connectivity index (χ1) is 28.7. The molecule has 0 aliphatic rings. The second-order valence-electron chi connectivity index (χ2n) is 15.4. The molecule has 0 aliphatic carbocycles. The second-order valence-corrected chi connectivity index (χ2v) is 15.4. The third-order valence-corrected chi connectivity index (χ3v) is 12.0. The predicted molar refractivity (Wildman–Crippen MR) is 246 cm³/mol. The predicted octanol–water partition coefficient (Wildman–Crippen LogP) is 15.2. The highest BCUT2D eigenvalue weighted by Gasteiger charge is 2.18. The third kappa shape index (κ3) is 5.19. The first-order valence-corrected chi connectivity index (χ1v) is 20.0. The Labute approximate surface area is 336 Å². The van der Waals surface area contributed by atoms with Crippen LogP contribution in [0.2, 0.25) is 0 Å². The van der Waals surface area contributed by atoms with Crippen LogP contribution in [0.4, 0.5) is 0 Å². The Morgan fingerprint density at radius 3 is 1.31 bits per heavy atom. The minimum absolute atomic E-state index is 1.14. The molecule has 0 atom stereocenters. The van der Waals surface area contributed by atoms with Gasteiger partial charge in [-0.2, -0.15) is 0 Å². The molecule has 0 fully saturated rings. The second kappa shape index (κ2) is 12.9. The van der Waals surface area contributed by atoms with E-state index in [1.165, 1.54) is 104 Å². The average Bonchev–Trinajstić information content (AvgIpc) is 3.81. The van der Waals surface area contributed by atoms with Crippen LogP contribution < -0.4 is 0 Å². The molecule has 0 saturated carbocycles. The maximum absolute atomic E-state index is 2.46. The van der Waals surface area contributed by atoms with Crippen LogP contribution in [0, 0.1) is 0 Å². The van der Waals surface area contributed by atoms with Crippen LogP contribution >= 0.6 is 0 Å². The van der Waals surface area contributed by atoms with Crippen molar-refractivity contribution in [3.8, 4) is 44.8 Å². The maximum atomic E-state index is 2.46. The van der Waals surface area contributed by atoms with Crippen molar-refractivity contribution in [2.45, 2.75) is 0 Å². The molecule has 2 aromatic heterocycles. The number of benzene rings is 10. The van der Waals surface area contributed by atoms with Gasteiger partial charge in [-0.15, -0.1) is 0 Å². The molecule has 0 unspecified atom stereocenters. The van der Waals surface area contributed by atoms with Gasteiger partial charge >= 0.3 is 0 Å². The van der Waals surface area contributed by atoms with Crippen molar-refractivity contribution in [2.75, 3.05) is 0 Å². The van der Waals surface area contributed by atoms with E-state index >= 15 is 0 Å². The lowest BCUT2D eigenvalue weighted by Crippen LogP contribution is -1.96. The summed E-state index contributed by atoms with van der Waals surface area (Å²) >= 11 is 0. The van der Waals surface area contributed by atoms with Crippen LogP contribution in [0.3, 0.4) is 0 Å². The van der Waals surface area contributed by atoms with E-state index in [-0.39, 0.29) is 0 Å². The maximum Gasteiger partial charge on any atom is 0.0547 e. The van der Waals surface area contributed by atoms with Gasteiger partial charge in [0.25, 0.3) is 0 Å². The van der Waals surface area contributed by atoms with Crippen LogP contribution in [-0.4, -0.2) is 9.13 Å². The Bertz CT molecular complexity index is 3470. The number of hydrogen-bond acceptors (Lipinski definition) is 0. The molecule has 2 heterocycles. The number of rotatable bonds is 5. The number of para-hydroxylation sites is 3. The van der Waals surface area contributed by atoms with Crippen molar-refractivity contribution in [3.63, 3.8) is 0 Å². The smallest absolute Gasteiger partial charge is 0.0547 e. The summed E-state index contributed by atoms with van der Waals surface area (Å²) in [4.78, 5) is 0. The number of fused-ring (bicyclic) bond motifs is 8. The Morgan fingerprint density at radius 1 is 0.207 bits per heavy atom. The molecule has 0 bridgehead atoms. The number of aromatic nitrogens is 2. The Morgan fingerprint density at radius 2 is 0.655 bits per heavy atom. The fourth-order valence-electron chi connectivity index (χ4n) is 9.25. The largest absolute Gasteiger partial charge is 0.309 e. The van der Waals surface area contributed by atoms with E-state index in [1.54, 1.807) is 0 Å². The van der Waals surface area contributed by atoms with E-state index in [0.717, 1.165) is 5.69 Å². The van der Waals surface area contributed by atoms with Crippen molar-refractivity contribution in [3.05, 3.63) is 218 Å². The normalized spacial score (nSPS) is 11.8. The molecule has 0 N–H and O–H groups in total. The van der Waals surface area contributed by atoms with Crippen LogP contribution in [0.5, 0.6) is 0 Å². The molecule has 0 spiro atoms. The van der Waals surface area contributed by atoms with Crippen LogP contribution in [0.25, 0.3) is 110 Å². The average molecular weight is 737 g/mol. The quantitative estimate of drug-likeness (QED) is 0.167. The van der Waals surface area contributed by atoms with Crippen molar-refractivity contribution in [1.82, 2.24) is 9.13 Å². The van der Waals surface area contributed by atoms with Crippen molar-refractivity contribution in [1.29, 1.82) is 0 Å². The fraction of sp³-hybridized carbons (Fsp3) is 0. The van der Waals surface area contributed by atoms with E-state index in [2.05, 4.69) is 228 Å². The SMILES string of the molecule is c1ccc(-n2c3ccccc3c3ccc(-c4ccc5c(c4)c4ccccc4n5-c4cc(-c5ccc6ccccc6c5)cc(-c5ccc6ccccc6c5)c4)cc32)cc1. The summed E-state index contributed by atoms with van der Waals surface area (Å²) in [5.41, 5.74) is 14.3. The highest BCUT2D eigenvalue weighted by atomic mass is 15.0. The van der Waals surface area contributed by atoms with E-state index < -0.39 is 0 Å². The van der Waals surface area contributed by atoms with Gasteiger partial charge in [-0.3, -0.25) is 0 Å². The zero-order valence-electron chi connectivity index (χ0n) is 31.7. The molecule has 0 radical (unpaired) electrons. The van der Waals surface area contributed by atoms with Gasteiger partial charge < -0.3 is 9.13 Å². The number of hydrogen-bond donors (Lipinski definition) is 0. The molecule has 58 heavy (non-hydrogen) atoms. The molecule has 12 rings (SSSR count). The number of nitrogens with zero attached hydrogens (tertiary/aromatic N) is 2. The Kier molecular flexibility index (Phi) is 7.26. The summed E-state index contributed by atoms with van der Waals surface area (Å²) in [5.74, 6) is 0. The Balaban J connectivity index is 1.06. The lowest BCUT2D eigenvalue weighted by molar-refractivity contribution is 1.18. The van der Waals surface area contributed by atoms with E-state index in [9.17, 15) is 0 Å². The van der Waals surface area contributed by atoms with Gasteiger partial charge in [-0.25, -0.2) is 0 Å². The summed E-state index contributed by atoms with van der Waals surface area (Å²) < 4.78 is 4.86. The van der Waals surface area contributed by atoms with Crippen LogP contribution in [0.1, 0.15) is 0 Å². The van der Waals surface area contributed by atoms with Gasteiger partial charge in [0.15, 0.2) is 0 Å². The third-order valence-electron chi connectivity index (χ3n) is 12.0. The van der Waals surface area contributed by atoms with Gasteiger partial charge in [0.1, 0.15) is 0 Å².